The molecule has 1 unspecified atom stereocenters. The number of carbonyl (C=O) groups excluding carboxylic acids is 1. The molecule has 0 fully saturated rings. The lowest BCUT2D eigenvalue weighted by atomic mass is 9.98. The third-order valence-corrected chi connectivity index (χ3v) is 2.96. The van der Waals surface area contributed by atoms with Gasteiger partial charge in [0.2, 0.25) is 0 Å². The molecule has 15 heavy (non-hydrogen) atoms. The van der Waals surface area contributed by atoms with Crippen molar-refractivity contribution in [2.75, 3.05) is 19.6 Å². The molecule has 0 aliphatic carbocycles. The third kappa shape index (κ3) is 7.55. The Kier molecular flexibility index (Phi) is 8.68. The average molecular weight is 213 g/mol. The highest BCUT2D eigenvalue weighted by molar-refractivity contribution is 5.78. The van der Waals surface area contributed by atoms with E-state index >= 15 is 0 Å². The van der Waals surface area contributed by atoms with E-state index in [9.17, 15) is 4.79 Å². The fourth-order valence-electron chi connectivity index (χ4n) is 1.91. The average Bonchev–Trinajstić information content (AvgIpc) is 2.19. The monoisotopic (exact) mass is 213 g/mol. The first kappa shape index (κ1) is 14.6. The number of Topliss-reactive ketones (excluding diaryl/α,β-unsaturated/α-hetero) is 1. The highest BCUT2D eigenvalue weighted by atomic mass is 16.1. The molecule has 0 spiro atoms. The molecule has 90 valence electrons. The van der Waals surface area contributed by atoms with E-state index in [0.717, 1.165) is 32.5 Å². The summed E-state index contributed by atoms with van der Waals surface area (Å²) in [7, 11) is 0. The van der Waals surface area contributed by atoms with Crippen LogP contribution in [-0.4, -0.2) is 30.3 Å². The number of rotatable bonds is 9. The summed E-state index contributed by atoms with van der Waals surface area (Å²) in [5, 5.41) is 0. The molecule has 0 aliphatic heterocycles. The molecule has 0 rings (SSSR count). The molecule has 0 aromatic heterocycles. The number of nitrogens with zero attached hydrogens (tertiary/aromatic N) is 1. The normalized spacial score (nSPS) is 13.1. The van der Waals surface area contributed by atoms with Gasteiger partial charge >= 0.3 is 0 Å². The molecule has 0 heterocycles. The predicted molar refractivity (Wildman–Crippen MR) is 66.1 cm³/mol. The fraction of sp³-hybridized carbons (Fsp3) is 0.923. The Morgan fingerprint density at radius 3 is 2.27 bits per heavy atom. The zero-order valence-corrected chi connectivity index (χ0v) is 10.9. The van der Waals surface area contributed by atoms with E-state index in [4.69, 9.17) is 0 Å². The quantitative estimate of drug-likeness (QED) is 0.586. The highest BCUT2D eigenvalue weighted by Gasteiger charge is 2.09. The van der Waals surface area contributed by atoms with E-state index in [2.05, 4.69) is 32.6 Å². The van der Waals surface area contributed by atoms with Crippen LogP contribution in [0.1, 0.15) is 53.4 Å². The van der Waals surface area contributed by atoms with Gasteiger partial charge < -0.3 is 4.90 Å². The molecule has 0 radical (unpaired) electrons. The van der Waals surface area contributed by atoms with Gasteiger partial charge in [0.1, 0.15) is 5.78 Å². The van der Waals surface area contributed by atoms with Crippen molar-refractivity contribution in [2.24, 2.45) is 5.92 Å². The molecule has 2 heteroatoms. The van der Waals surface area contributed by atoms with Crippen molar-refractivity contribution in [3.8, 4) is 0 Å². The van der Waals surface area contributed by atoms with Crippen molar-refractivity contribution >= 4 is 5.78 Å². The second kappa shape index (κ2) is 8.90. The minimum Gasteiger partial charge on any atom is -0.303 e. The summed E-state index contributed by atoms with van der Waals surface area (Å²) in [6.07, 6.45) is 3.87. The zero-order chi connectivity index (χ0) is 11.7. The largest absolute Gasteiger partial charge is 0.303 e. The predicted octanol–water partition coefficient (Wildman–Crippen LogP) is 3.11. The molecule has 0 aromatic rings. The molecule has 0 amide bonds. The van der Waals surface area contributed by atoms with Crippen LogP contribution >= 0.6 is 0 Å². The van der Waals surface area contributed by atoms with Gasteiger partial charge in [-0.2, -0.15) is 0 Å². The number of ketones is 1. The third-order valence-electron chi connectivity index (χ3n) is 2.96. The molecular formula is C13H27NO. The molecule has 0 aromatic carbocycles. The van der Waals surface area contributed by atoms with Gasteiger partial charge in [0.25, 0.3) is 0 Å². The Morgan fingerprint density at radius 2 is 1.80 bits per heavy atom. The molecule has 0 saturated carbocycles. The summed E-state index contributed by atoms with van der Waals surface area (Å²) < 4.78 is 0. The standard InChI is InChI=1S/C13H27NO/c1-5-8-12(4)11-13(15)9-10-14(6-2)7-3/h12H,5-11H2,1-4H3. The van der Waals surface area contributed by atoms with E-state index in [-0.39, 0.29) is 0 Å². The lowest BCUT2D eigenvalue weighted by Gasteiger charge is -2.17. The SMILES string of the molecule is CCCC(C)CC(=O)CCN(CC)CC. The molecule has 0 bridgehead atoms. The van der Waals surface area contributed by atoms with Crippen molar-refractivity contribution in [3.63, 3.8) is 0 Å². The molecule has 0 saturated heterocycles. The minimum atomic E-state index is 0.433. The number of hydrogen-bond acceptors (Lipinski definition) is 2. The summed E-state index contributed by atoms with van der Waals surface area (Å²) in [6, 6.07) is 0. The summed E-state index contributed by atoms with van der Waals surface area (Å²) in [4.78, 5) is 13.9. The Hall–Kier alpha value is -0.370. The zero-order valence-electron chi connectivity index (χ0n) is 10.9. The van der Waals surface area contributed by atoms with Gasteiger partial charge in [-0.1, -0.05) is 40.5 Å². The maximum absolute atomic E-state index is 11.6. The van der Waals surface area contributed by atoms with Crippen LogP contribution in [0.25, 0.3) is 0 Å². The van der Waals surface area contributed by atoms with Crippen LogP contribution in [0.2, 0.25) is 0 Å². The van der Waals surface area contributed by atoms with Gasteiger partial charge in [-0.3, -0.25) is 4.79 Å². The molecular weight excluding hydrogens is 186 g/mol. The van der Waals surface area contributed by atoms with Crippen molar-refractivity contribution in [1.29, 1.82) is 0 Å². The smallest absolute Gasteiger partial charge is 0.134 e. The lowest BCUT2D eigenvalue weighted by Crippen LogP contribution is -2.26. The van der Waals surface area contributed by atoms with Gasteiger partial charge in [0.05, 0.1) is 0 Å². The topological polar surface area (TPSA) is 20.3 Å². The maximum Gasteiger partial charge on any atom is 0.134 e. The molecule has 0 N–H and O–H groups in total. The lowest BCUT2D eigenvalue weighted by molar-refractivity contribution is -0.120. The Morgan fingerprint density at radius 1 is 1.20 bits per heavy atom. The fourth-order valence-corrected chi connectivity index (χ4v) is 1.91. The highest BCUT2D eigenvalue weighted by Crippen LogP contribution is 2.11. The number of carbonyl (C=O) groups is 1. The second-order valence-corrected chi connectivity index (χ2v) is 4.41. The van der Waals surface area contributed by atoms with Crippen LogP contribution in [0.5, 0.6) is 0 Å². The first-order valence-corrected chi connectivity index (χ1v) is 6.38. The molecule has 1 atom stereocenters. The van der Waals surface area contributed by atoms with Gasteiger partial charge in [0, 0.05) is 19.4 Å². The van der Waals surface area contributed by atoms with Crippen LogP contribution in [0.3, 0.4) is 0 Å². The Labute approximate surface area is 95.0 Å². The van der Waals surface area contributed by atoms with Crippen molar-refractivity contribution in [3.05, 3.63) is 0 Å². The van der Waals surface area contributed by atoms with Crippen molar-refractivity contribution in [1.82, 2.24) is 4.90 Å². The first-order valence-electron chi connectivity index (χ1n) is 6.38. The molecule has 2 nitrogen and oxygen atoms in total. The summed E-state index contributed by atoms with van der Waals surface area (Å²) in [6.45, 7) is 11.7. The van der Waals surface area contributed by atoms with Crippen LogP contribution in [0.4, 0.5) is 0 Å². The van der Waals surface area contributed by atoms with E-state index in [1.165, 1.54) is 12.8 Å². The van der Waals surface area contributed by atoms with Crippen LogP contribution in [0.15, 0.2) is 0 Å². The second-order valence-electron chi connectivity index (χ2n) is 4.41. The Balaban J connectivity index is 3.64. The summed E-state index contributed by atoms with van der Waals surface area (Å²) in [5.41, 5.74) is 0. The van der Waals surface area contributed by atoms with Gasteiger partial charge in [-0.15, -0.1) is 0 Å². The minimum absolute atomic E-state index is 0.433. The van der Waals surface area contributed by atoms with Crippen molar-refractivity contribution in [2.45, 2.75) is 53.4 Å². The van der Waals surface area contributed by atoms with Crippen LogP contribution in [0, 0.1) is 5.92 Å². The van der Waals surface area contributed by atoms with Crippen LogP contribution in [-0.2, 0) is 4.79 Å². The van der Waals surface area contributed by atoms with Gasteiger partial charge in [0.15, 0.2) is 0 Å². The Bertz CT molecular complexity index is 164. The maximum atomic E-state index is 11.6. The molecule has 0 aliphatic rings. The van der Waals surface area contributed by atoms with Crippen molar-refractivity contribution < 1.29 is 4.79 Å². The first-order chi connectivity index (χ1) is 7.13. The van der Waals surface area contributed by atoms with E-state index in [1.54, 1.807) is 0 Å². The van der Waals surface area contributed by atoms with E-state index in [1.807, 2.05) is 0 Å². The van der Waals surface area contributed by atoms with Gasteiger partial charge in [-0.05, 0) is 19.0 Å². The van der Waals surface area contributed by atoms with Gasteiger partial charge in [-0.25, -0.2) is 0 Å². The van der Waals surface area contributed by atoms with E-state index in [0.29, 0.717) is 11.7 Å². The summed E-state index contributed by atoms with van der Waals surface area (Å²) in [5.74, 6) is 1.00. The number of hydrogen-bond donors (Lipinski definition) is 0. The van der Waals surface area contributed by atoms with E-state index < -0.39 is 0 Å². The summed E-state index contributed by atoms with van der Waals surface area (Å²) >= 11 is 0. The van der Waals surface area contributed by atoms with Crippen LogP contribution < -0.4 is 0 Å².